The Balaban J connectivity index is 2.32. The lowest BCUT2D eigenvalue weighted by Crippen LogP contribution is -2.18. The lowest BCUT2D eigenvalue weighted by Gasteiger charge is -2.18. The van der Waals surface area contributed by atoms with E-state index in [1.807, 2.05) is 25.1 Å². The number of nitrogens with zero attached hydrogens (tertiary/aromatic N) is 1. The molecule has 2 N–H and O–H groups in total. The van der Waals surface area contributed by atoms with Gasteiger partial charge in [-0.2, -0.15) is 0 Å². The standard InChI is InChI=1S/C14H14ClN3O2/c1-18(2)12-4-3-10(15)8-11(12)17-14(20)9-5-6-16-13(19)7-9/h3-8H,1-2H3,(H,16,19)(H,17,20). The molecule has 0 fully saturated rings. The van der Waals surface area contributed by atoms with Crippen molar-refractivity contribution in [3.63, 3.8) is 0 Å². The summed E-state index contributed by atoms with van der Waals surface area (Å²) in [7, 11) is 3.73. The van der Waals surface area contributed by atoms with E-state index in [1.54, 1.807) is 12.1 Å². The molecule has 1 amide bonds. The van der Waals surface area contributed by atoms with E-state index in [9.17, 15) is 9.59 Å². The van der Waals surface area contributed by atoms with Gasteiger partial charge in [0, 0.05) is 36.9 Å². The Morgan fingerprint density at radius 1 is 1.25 bits per heavy atom. The van der Waals surface area contributed by atoms with E-state index >= 15 is 0 Å². The third-order valence-corrected chi connectivity index (χ3v) is 2.96. The van der Waals surface area contributed by atoms with Gasteiger partial charge in [-0.05, 0) is 24.3 Å². The molecule has 5 nitrogen and oxygen atoms in total. The molecule has 2 aromatic rings. The van der Waals surface area contributed by atoms with Gasteiger partial charge in [0.05, 0.1) is 11.4 Å². The smallest absolute Gasteiger partial charge is 0.255 e. The topological polar surface area (TPSA) is 65.2 Å². The predicted molar refractivity (Wildman–Crippen MR) is 80.8 cm³/mol. The first-order valence-electron chi connectivity index (χ1n) is 5.94. The Bertz CT molecular complexity index is 695. The van der Waals surface area contributed by atoms with E-state index in [-0.39, 0.29) is 11.5 Å². The number of amides is 1. The quantitative estimate of drug-likeness (QED) is 0.912. The molecule has 0 spiro atoms. The molecule has 0 saturated carbocycles. The number of aromatic nitrogens is 1. The number of carbonyl (C=O) groups is 1. The summed E-state index contributed by atoms with van der Waals surface area (Å²) in [6.07, 6.45) is 1.43. The normalized spacial score (nSPS) is 10.2. The van der Waals surface area contributed by atoms with Gasteiger partial charge in [-0.3, -0.25) is 9.59 Å². The van der Waals surface area contributed by atoms with Crippen molar-refractivity contribution >= 4 is 28.9 Å². The van der Waals surface area contributed by atoms with Crippen molar-refractivity contribution in [3.8, 4) is 0 Å². The highest BCUT2D eigenvalue weighted by Crippen LogP contribution is 2.28. The number of hydrogen-bond acceptors (Lipinski definition) is 3. The molecular formula is C14H14ClN3O2. The van der Waals surface area contributed by atoms with E-state index in [2.05, 4.69) is 10.3 Å². The number of carbonyl (C=O) groups excluding carboxylic acids is 1. The average molecular weight is 292 g/mol. The van der Waals surface area contributed by atoms with Crippen molar-refractivity contribution in [2.45, 2.75) is 0 Å². The summed E-state index contributed by atoms with van der Waals surface area (Å²) in [6.45, 7) is 0. The molecule has 0 saturated heterocycles. The molecule has 6 heteroatoms. The van der Waals surface area contributed by atoms with Gasteiger partial charge in [-0.15, -0.1) is 0 Å². The number of benzene rings is 1. The van der Waals surface area contributed by atoms with E-state index in [1.165, 1.54) is 18.3 Å². The fourth-order valence-electron chi connectivity index (χ4n) is 1.78. The minimum absolute atomic E-state index is 0.290. The van der Waals surface area contributed by atoms with Crippen LogP contribution in [0.25, 0.3) is 0 Å². The van der Waals surface area contributed by atoms with Crippen LogP contribution >= 0.6 is 11.6 Å². The van der Waals surface area contributed by atoms with Crippen molar-refractivity contribution in [1.29, 1.82) is 0 Å². The third kappa shape index (κ3) is 3.19. The van der Waals surface area contributed by atoms with Gasteiger partial charge >= 0.3 is 0 Å². The van der Waals surface area contributed by atoms with Crippen LogP contribution in [-0.2, 0) is 0 Å². The molecule has 0 radical (unpaired) electrons. The van der Waals surface area contributed by atoms with Crippen LogP contribution in [0.5, 0.6) is 0 Å². The highest BCUT2D eigenvalue weighted by atomic mass is 35.5. The second-order valence-electron chi connectivity index (χ2n) is 4.45. The second-order valence-corrected chi connectivity index (χ2v) is 4.89. The zero-order valence-corrected chi connectivity index (χ0v) is 11.9. The molecule has 20 heavy (non-hydrogen) atoms. The minimum Gasteiger partial charge on any atom is -0.376 e. The maximum Gasteiger partial charge on any atom is 0.255 e. The van der Waals surface area contributed by atoms with Gasteiger partial charge < -0.3 is 15.2 Å². The fourth-order valence-corrected chi connectivity index (χ4v) is 1.95. The highest BCUT2D eigenvalue weighted by molar-refractivity contribution is 6.31. The molecule has 104 valence electrons. The van der Waals surface area contributed by atoms with Crippen LogP contribution in [0, 0.1) is 0 Å². The third-order valence-electron chi connectivity index (χ3n) is 2.73. The van der Waals surface area contributed by atoms with E-state index in [0.717, 1.165) is 5.69 Å². The Hall–Kier alpha value is -2.27. The first kappa shape index (κ1) is 14.1. The SMILES string of the molecule is CN(C)c1ccc(Cl)cc1NC(=O)c1cc[nH]c(=O)c1. The molecule has 2 rings (SSSR count). The summed E-state index contributed by atoms with van der Waals surface area (Å²) in [5.41, 5.74) is 1.38. The molecule has 0 atom stereocenters. The summed E-state index contributed by atoms with van der Waals surface area (Å²) < 4.78 is 0. The average Bonchev–Trinajstić information content (AvgIpc) is 2.38. The summed E-state index contributed by atoms with van der Waals surface area (Å²) in [5, 5.41) is 3.28. The van der Waals surface area contributed by atoms with Crippen LogP contribution in [0.15, 0.2) is 41.3 Å². The van der Waals surface area contributed by atoms with Gasteiger partial charge in [0.25, 0.3) is 5.91 Å². The zero-order chi connectivity index (χ0) is 14.7. The molecular weight excluding hydrogens is 278 g/mol. The molecule has 0 aliphatic heterocycles. The van der Waals surface area contributed by atoms with Crippen LogP contribution in [0.3, 0.4) is 0 Å². The maximum absolute atomic E-state index is 12.1. The van der Waals surface area contributed by atoms with Gasteiger partial charge in [0.1, 0.15) is 0 Å². The Labute approximate surface area is 121 Å². The van der Waals surface area contributed by atoms with E-state index in [0.29, 0.717) is 16.3 Å². The predicted octanol–water partition coefficient (Wildman–Crippen LogP) is 2.35. The number of rotatable bonds is 3. The number of hydrogen-bond donors (Lipinski definition) is 2. The first-order valence-corrected chi connectivity index (χ1v) is 6.32. The minimum atomic E-state index is -0.360. The lowest BCUT2D eigenvalue weighted by molar-refractivity contribution is 0.102. The number of aromatic amines is 1. The number of halogens is 1. The van der Waals surface area contributed by atoms with Crippen molar-refractivity contribution in [1.82, 2.24) is 4.98 Å². The lowest BCUT2D eigenvalue weighted by atomic mass is 10.2. The van der Waals surface area contributed by atoms with Crippen LogP contribution in [0.2, 0.25) is 5.02 Å². The van der Waals surface area contributed by atoms with Gasteiger partial charge in [0.2, 0.25) is 5.56 Å². The number of pyridine rings is 1. The highest BCUT2D eigenvalue weighted by Gasteiger charge is 2.11. The van der Waals surface area contributed by atoms with Crippen LogP contribution in [-0.4, -0.2) is 25.0 Å². The number of anilines is 2. The van der Waals surface area contributed by atoms with Crippen molar-refractivity contribution in [2.75, 3.05) is 24.3 Å². The monoisotopic (exact) mass is 291 g/mol. The van der Waals surface area contributed by atoms with Gasteiger partial charge in [-0.25, -0.2) is 0 Å². The first-order chi connectivity index (χ1) is 9.47. The zero-order valence-electron chi connectivity index (χ0n) is 11.1. The van der Waals surface area contributed by atoms with E-state index in [4.69, 9.17) is 11.6 Å². The molecule has 0 aliphatic rings. The summed E-state index contributed by atoms with van der Waals surface area (Å²) >= 11 is 5.95. The fraction of sp³-hybridized carbons (Fsp3) is 0.143. The van der Waals surface area contributed by atoms with Crippen molar-refractivity contribution < 1.29 is 4.79 Å². The van der Waals surface area contributed by atoms with Gasteiger partial charge in [-0.1, -0.05) is 11.6 Å². The number of nitrogens with one attached hydrogen (secondary N) is 2. The van der Waals surface area contributed by atoms with Crippen molar-refractivity contribution in [3.05, 3.63) is 57.5 Å². The Morgan fingerprint density at radius 2 is 2.00 bits per heavy atom. The maximum atomic E-state index is 12.1. The summed E-state index contributed by atoms with van der Waals surface area (Å²) in [4.78, 5) is 27.7. The van der Waals surface area contributed by atoms with E-state index < -0.39 is 0 Å². The molecule has 1 aromatic heterocycles. The molecule has 0 aliphatic carbocycles. The second kappa shape index (κ2) is 5.79. The molecule has 1 aromatic carbocycles. The van der Waals surface area contributed by atoms with Crippen molar-refractivity contribution in [2.24, 2.45) is 0 Å². The Morgan fingerprint density at radius 3 is 2.65 bits per heavy atom. The number of H-pyrrole nitrogens is 1. The summed E-state index contributed by atoms with van der Waals surface area (Å²) in [5.74, 6) is -0.360. The largest absolute Gasteiger partial charge is 0.376 e. The van der Waals surface area contributed by atoms with Crippen LogP contribution in [0.1, 0.15) is 10.4 Å². The molecule has 0 unspecified atom stereocenters. The molecule has 0 bridgehead atoms. The van der Waals surface area contributed by atoms with Gasteiger partial charge in [0.15, 0.2) is 0 Å². The molecule has 1 heterocycles. The van der Waals surface area contributed by atoms with Crippen LogP contribution < -0.4 is 15.8 Å². The summed E-state index contributed by atoms with van der Waals surface area (Å²) in [6, 6.07) is 8.02. The van der Waals surface area contributed by atoms with Crippen LogP contribution in [0.4, 0.5) is 11.4 Å². The Kier molecular flexibility index (Phi) is 4.10.